The number of benzene rings is 1. The number of amides is 1. The van der Waals surface area contributed by atoms with Crippen LogP contribution in [0.4, 0.5) is 4.39 Å². The summed E-state index contributed by atoms with van der Waals surface area (Å²) in [7, 11) is 1.71. The van der Waals surface area contributed by atoms with Crippen molar-refractivity contribution in [1.29, 1.82) is 0 Å². The topological polar surface area (TPSA) is 84.1 Å². The van der Waals surface area contributed by atoms with Crippen LogP contribution < -0.4 is 0 Å². The van der Waals surface area contributed by atoms with E-state index in [4.69, 9.17) is 0 Å². The summed E-state index contributed by atoms with van der Waals surface area (Å²) in [4.78, 5) is 14.4. The lowest BCUT2D eigenvalue weighted by molar-refractivity contribution is 0.0583. The van der Waals surface area contributed by atoms with Gasteiger partial charge in [-0.25, -0.2) is 9.07 Å². The van der Waals surface area contributed by atoms with E-state index in [2.05, 4.69) is 15.5 Å². The van der Waals surface area contributed by atoms with Crippen molar-refractivity contribution in [2.75, 3.05) is 6.61 Å². The summed E-state index contributed by atoms with van der Waals surface area (Å²) in [6.45, 7) is -0.130. The fourth-order valence-corrected chi connectivity index (χ4v) is 2.88. The molecule has 22 heavy (non-hydrogen) atoms. The Kier molecular flexibility index (Phi) is 3.84. The zero-order valence-electron chi connectivity index (χ0n) is 12.1. The van der Waals surface area contributed by atoms with Gasteiger partial charge in [-0.15, -0.1) is 5.10 Å². The van der Waals surface area contributed by atoms with Gasteiger partial charge in [-0.1, -0.05) is 0 Å². The van der Waals surface area contributed by atoms with Crippen LogP contribution in [0.25, 0.3) is 0 Å². The predicted molar refractivity (Wildman–Crippen MR) is 74.2 cm³/mol. The fourth-order valence-electron chi connectivity index (χ4n) is 2.88. The molecule has 1 aromatic heterocycles. The van der Waals surface area contributed by atoms with Crippen LogP contribution in [-0.2, 0) is 7.05 Å². The molecule has 2 aromatic rings. The molecule has 0 unspecified atom stereocenters. The number of tetrazole rings is 1. The van der Waals surface area contributed by atoms with Crippen molar-refractivity contribution in [2.24, 2.45) is 7.05 Å². The number of nitrogens with zero attached hydrogens (tertiary/aromatic N) is 5. The number of aliphatic hydroxyl groups excluding tert-OH is 1. The minimum absolute atomic E-state index is 0.130. The third kappa shape index (κ3) is 2.45. The molecule has 3 rings (SSSR count). The van der Waals surface area contributed by atoms with Crippen molar-refractivity contribution in [3.8, 4) is 0 Å². The molecule has 8 heteroatoms. The average Bonchev–Trinajstić information content (AvgIpc) is 3.12. The number of carbonyl (C=O) groups is 1. The summed E-state index contributed by atoms with van der Waals surface area (Å²) in [5, 5.41) is 20.9. The Balaban J connectivity index is 1.94. The van der Waals surface area contributed by atoms with Crippen molar-refractivity contribution in [3.05, 3.63) is 41.5 Å². The maximum Gasteiger partial charge on any atom is 0.254 e. The number of likely N-dealkylation sites (tertiary alicyclic amines) is 1. The quantitative estimate of drug-likeness (QED) is 0.902. The van der Waals surface area contributed by atoms with E-state index in [1.807, 2.05) is 0 Å². The van der Waals surface area contributed by atoms with E-state index in [9.17, 15) is 14.3 Å². The minimum atomic E-state index is -0.397. The number of hydrogen-bond acceptors (Lipinski definition) is 5. The van der Waals surface area contributed by atoms with Crippen molar-refractivity contribution >= 4 is 5.91 Å². The fraction of sp³-hybridized carbons (Fsp3) is 0.429. The van der Waals surface area contributed by atoms with Crippen LogP contribution >= 0.6 is 0 Å². The Morgan fingerprint density at radius 1 is 1.36 bits per heavy atom. The zero-order valence-corrected chi connectivity index (χ0v) is 12.1. The molecule has 0 saturated carbocycles. The monoisotopic (exact) mass is 305 g/mol. The summed E-state index contributed by atoms with van der Waals surface area (Å²) >= 11 is 0. The van der Waals surface area contributed by atoms with Gasteiger partial charge in [0.2, 0.25) is 0 Å². The lowest BCUT2D eigenvalue weighted by Crippen LogP contribution is -2.40. The van der Waals surface area contributed by atoms with Crippen LogP contribution in [0.2, 0.25) is 0 Å². The first-order valence-electron chi connectivity index (χ1n) is 7.03. The van der Waals surface area contributed by atoms with Crippen LogP contribution in [0.5, 0.6) is 0 Å². The van der Waals surface area contributed by atoms with E-state index in [-0.39, 0.29) is 24.6 Å². The van der Waals surface area contributed by atoms with Gasteiger partial charge in [-0.05, 0) is 47.5 Å². The van der Waals surface area contributed by atoms with Gasteiger partial charge in [0.25, 0.3) is 5.91 Å². The molecule has 1 aliphatic rings. The van der Waals surface area contributed by atoms with Crippen LogP contribution in [0, 0.1) is 5.82 Å². The third-order valence-corrected chi connectivity index (χ3v) is 3.99. The Bertz CT molecular complexity index is 672. The Morgan fingerprint density at radius 3 is 2.68 bits per heavy atom. The molecular weight excluding hydrogens is 289 g/mol. The largest absolute Gasteiger partial charge is 0.394 e. The SMILES string of the molecule is Cn1nnnc1[C@@H]1CC[C@@H](CO)N1C(=O)c1ccc(F)cc1. The zero-order chi connectivity index (χ0) is 15.7. The van der Waals surface area contributed by atoms with Crippen molar-refractivity contribution in [1.82, 2.24) is 25.1 Å². The average molecular weight is 305 g/mol. The van der Waals surface area contributed by atoms with Gasteiger partial charge in [0.1, 0.15) is 5.82 Å². The molecule has 0 aliphatic carbocycles. The van der Waals surface area contributed by atoms with Gasteiger partial charge in [-0.3, -0.25) is 4.79 Å². The first-order chi connectivity index (χ1) is 10.6. The van der Waals surface area contributed by atoms with Crippen molar-refractivity contribution in [3.63, 3.8) is 0 Å². The first-order valence-corrected chi connectivity index (χ1v) is 7.03. The van der Waals surface area contributed by atoms with Crippen LogP contribution in [0.15, 0.2) is 24.3 Å². The molecule has 1 fully saturated rings. The first kappa shape index (κ1) is 14.6. The summed E-state index contributed by atoms with van der Waals surface area (Å²) < 4.78 is 14.6. The van der Waals surface area contributed by atoms with Gasteiger partial charge in [0.05, 0.1) is 18.7 Å². The molecule has 0 spiro atoms. The van der Waals surface area contributed by atoms with Crippen molar-refractivity contribution in [2.45, 2.75) is 24.9 Å². The van der Waals surface area contributed by atoms with Gasteiger partial charge in [0.15, 0.2) is 5.82 Å². The normalized spacial score (nSPS) is 21.3. The van der Waals surface area contributed by atoms with Crippen molar-refractivity contribution < 1.29 is 14.3 Å². The van der Waals surface area contributed by atoms with E-state index < -0.39 is 5.82 Å². The van der Waals surface area contributed by atoms with Gasteiger partial charge >= 0.3 is 0 Å². The Labute approximate surface area is 126 Å². The maximum absolute atomic E-state index is 13.0. The second kappa shape index (κ2) is 5.80. The van der Waals surface area contributed by atoms with Gasteiger partial charge in [0, 0.05) is 12.6 Å². The lowest BCUT2D eigenvalue weighted by atomic mass is 10.1. The second-order valence-corrected chi connectivity index (χ2v) is 5.31. The standard InChI is InChI=1S/C14H16FN5O2/c1-19-13(16-17-18-19)12-7-6-11(8-21)20(12)14(22)9-2-4-10(15)5-3-9/h2-5,11-12,21H,6-8H2,1H3/t11-,12-/m0/s1. The van der Waals surface area contributed by atoms with Crippen LogP contribution in [-0.4, -0.2) is 48.8 Å². The molecule has 1 N–H and O–H groups in total. The highest BCUT2D eigenvalue weighted by atomic mass is 19.1. The molecule has 1 saturated heterocycles. The van der Waals surface area contributed by atoms with Crippen LogP contribution in [0.1, 0.15) is 35.1 Å². The molecule has 1 aliphatic heterocycles. The molecule has 116 valence electrons. The lowest BCUT2D eigenvalue weighted by Gasteiger charge is -2.28. The van der Waals surface area contributed by atoms with E-state index in [0.29, 0.717) is 24.2 Å². The smallest absolute Gasteiger partial charge is 0.254 e. The number of carbonyl (C=O) groups excluding carboxylic acids is 1. The van der Waals surface area contributed by atoms with Gasteiger partial charge in [-0.2, -0.15) is 0 Å². The summed E-state index contributed by atoms with van der Waals surface area (Å²) in [5.74, 6) is -0.0818. The number of aromatic nitrogens is 4. The molecule has 1 amide bonds. The van der Waals surface area contributed by atoms with E-state index in [0.717, 1.165) is 0 Å². The van der Waals surface area contributed by atoms with Crippen LogP contribution in [0.3, 0.4) is 0 Å². The molecule has 2 atom stereocenters. The number of aliphatic hydroxyl groups is 1. The summed E-state index contributed by atoms with van der Waals surface area (Å²) in [6.07, 6.45) is 1.34. The predicted octanol–water partition coefficient (Wildman–Crippen LogP) is 0.687. The summed E-state index contributed by atoms with van der Waals surface area (Å²) in [6, 6.07) is 4.79. The molecule has 0 radical (unpaired) electrons. The molecule has 0 bridgehead atoms. The molecular formula is C14H16FN5O2. The highest BCUT2D eigenvalue weighted by Gasteiger charge is 2.40. The second-order valence-electron chi connectivity index (χ2n) is 5.31. The Hall–Kier alpha value is -2.35. The molecule has 2 heterocycles. The highest BCUT2D eigenvalue weighted by molar-refractivity contribution is 5.94. The van der Waals surface area contributed by atoms with E-state index >= 15 is 0 Å². The number of hydrogen-bond donors (Lipinski definition) is 1. The number of halogens is 1. The summed E-state index contributed by atoms with van der Waals surface area (Å²) in [5.41, 5.74) is 0.377. The molecule has 1 aromatic carbocycles. The minimum Gasteiger partial charge on any atom is -0.394 e. The van der Waals surface area contributed by atoms with E-state index in [1.54, 1.807) is 11.9 Å². The van der Waals surface area contributed by atoms with Gasteiger partial charge < -0.3 is 10.0 Å². The molecule has 7 nitrogen and oxygen atoms in total. The third-order valence-electron chi connectivity index (χ3n) is 3.99. The Morgan fingerprint density at radius 2 is 2.09 bits per heavy atom. The number of aryl methyl sites for hydroxylation is 1. The number of rotatable bonds is 3. The maximum atomic E-state index is 13.0. The van der Waals surface area contributed by atoms with E-state index in [1.165, 1.54) is 28.9 Å². The highest BCUT2D eigenvalue weighted by Crippen LogP contribution is 2.35.